The summed E-state index contributed by atoms with van der Waals surface area (Å²) >= 11 is 0. The van der Waals surface area contributed by atoms with Crippen LogP contribution in [0.2, 0.25) is 0 Å². The predicted octanol–water partition coefficient (Wildman–Crippen LogP) is 6.11. The van der Waals surface area contributed by atoms with Crippen molar-refractivity contribution in [3.8, 4) is 0 Å². The molecule has 0 radical (unpaired) electrons. The molecule has 5 aromatic carbocycles. The molecular formula is C27H14O3. The first kappa shape index (κ1) is 16.0. The van der Waals surface area contributed by atoms with Gasteiger partial charge in [-0.1, -0.05) is 55.1 Å². The third-order valence-corrected chi connectivity index (χ3v) is 6.88. The van der Waals surface area contributed by atoms with Crippen LogP contribution in [-0.4, -0.2) is 17.3 Å². The Bertz CT molecular complexity index is 1460. The number of carbonyl (C=O) groups excluding carboxylic acids is 3. The molecule has 2 aliphatic rings. The molecule has 0 saturated heterocycles. The number of hydrogen-bond donors (Lipinski definition) is 0. The lowest BCUT2D eigenvalue weighted by Gasteiger charge is -2.24. The van der Waals surface area contributed by atoms with E-state index < -0.39 is 0 Å². The molecule has 3 heteroatoms. The summed E-state index contributed by atoms with van der Waals surface area (Å²) in [7, 11) is 0. The van der Waals surface area contributed by atoms with E-state index in [1.54, 1.807) is 0 Å². The predicted molar refractivity (Wildman–Crippen MR) is 119 cm³/mol. The van der Waals surface area contributed by atoms with Crippen LogP contribution < -0.4 is 0 Å². The van der Waals surface area contributed by atoms with Gasteiger partial charge in [0.1, 0.15) is 0 Å². The highest BCUT2D eigenvalue weighted by molar-refractivity contribution is 6.40. The normalized spacial score (nSPS) is 16.0. The van der Waals surface area contributed by atoms with E-state index in [1.807, 2.05) is 36.4 Å². The molecule has 0 bridgehead atoms. The third kappa shape index (κ3) is 1.67. The second-order valence-electron chi connectivity index (χ2n) is 8.37. The Balaban J connectivity index is 1.82. The van der Waals surface area contributed by atoms with Gasteiger partial charge in [0.15, 0.2) is 17.3 Å². The molecule has 2 aliphatic carbocycles. The maximum absolute atomic E-state index is 12.7. The Morgan fingerprint density at radius 3 is 1.30 bits per heavy atom. The van der Waals surface area contributed by atoms with E-state index >= 15 is 0 Å². The van der Waals surface area contributed by atoms with Crippen molar-refractivity contribution in [2.75, 3.05) is 0 Å². The lowest BCUT2D eigenvalue weighted by atomic mass is 9.78. The number of rotatable bonds is 0. The van der Waals surface area contributed by atoms with Gasteiger partial charge in [0.05, 0.1) is 6.42 Å². The molecule has 0 aliphatic heterocycles. The first-order valence-electron chi connectivity index (χ1n) is 10.0. The molecule has 0 atom stereocenters. The van der Waals surface area contributed by atoms with Gasteiger partial charge in [-0.25, -0.2) is 0 Å². The lowest BCUT2D eigenvalue weighted by Crippen LogP contribution is -2.16. The summed E-state index contributed by atoms with van der Waals surface area (Å²) in [4.78, 5) is 37.9. The Morgan fingerprint density at radius 2 is 0.833 bits per heavy atom. The Kier molecular flexibility index (Phi) is 2.67. The van der Waals surface area contributed by atoms with Gasteiger partial charge in [0.2, 0.25) is 0 Å². The molecule has 5 aromatic rings. The van der Waals surface area contributed by atoms with Crippen molar-refractivity contribution >= 4 is 66.0 Å². The van der Waals surface area contributed by atoms with Crippen LogP contribution in [0.25, 0.3) is 48.7 Å². The van der Waals surface area contributed by atoms with Gasteiger partial charge in [-0.05, 0) is 43.5 Å². The highest BCUT2D eigenvalue weighted by Crippen LogP contribution is 2.47. The van der Waals surface area contributed by atoms with Crippen molar-refractivity contribution in [3.63, 3.8) is 0 Å². The highest BCUT2D eigenvalue weighted by Gasteiger charge is 2.29. The molecule has 140 valence electrons. The van der Waals surface area contributed by atoms with E-state index in [1.165, 1.54) is 0 Å². The fourth-order valence-corrected chi connectivity index (χ4v) is 5.60. The van der Waals surface area contributed by atoms with Crippen molar-refractivity contribution in [2.24, 2.45) is 0 Å². The van der Waals surface area contributed by atoms with Gasteiger partial charge in [-0.3, -0.25) is 14.4 Å². The highest BCUT2D eigenvalue weighted by atomic mass is 16.1. The van der Waals surface area contributed by atoms with Crippen LogP contribution >= 0.6 is 0 Å². The maximum atomic E-state index is 12.7. The number of Topliss-reactive ketones (excluding diaryl/α,β-unsaturated/α-hetero) is 3. The molecule has 7 rings (SSSR count). The fourth-order valence-electron chi connectivity index (χ4n) is 5.60. The molecular weight excluding hydrogens is 372 g/mol. The molecule has 0 fully saturated rings. The van der Waals surface area contributed by atoms with Gasteiger partial charge in [-0.15, -0.1) is 0 Å². The van der Waals surface area contributed by atoms with Gasteiger partial charge < -0.3 is 0 Å². The van der Waals surface area contributed by atoms with Gasteiger partial charge in [0, 0.05) is 33.9 Å². The number of ketones is 3. The summed E-state index contributed by atoms with van der Waals surface area (Å²) in [6.45, 7) is 4.14. The monoisotopic (exact) mass is 386 g/mol. The van der Waals surface area contributed by atoms with Crippen LogP contribution in [0, 0.1) is 0 Å². The van der Waals surface area contributed by atoms with Crippen molar-refractivity contribution in [3.05, 3.63) is 77.4 Å². The first-order chi connectivity index (χ1) is 14.5. The van der Waals surface area contributed by atoms with Gasteiger partial charge >= 0.3 is 0 Å². The van der Waals surface area contributed by atoms with Crippen molar-refractivity contribution in [1.82, 2.24) is 0 Å². The largest absolute Gasteiger partial charge is 0.294 e. The van der Waals surface area contributed by atoms with Gasteiger partial charge in [0.25, 0.3) is 0 Å². The number of allylic oxidation sites excluding steroid dienone is 1. The quantitative estimate of drug-likeness (QED) is 0.183. The maximum Gasteiger partial charge on any atom is 0.171 e. The van der Waals surface area contributed by atoms with Crippen LogP contribution in [0.1, 0.15) is 49.5 Å². The smallest absolute Gasteiger partial charge is 0.171 e. The summed E-state index contributed by atoms with van der Waals surface area (Å²) in [5, 5.41) is 7.85. The summed E-state index contributed by atoms with van der Waals surface area (Å²) in [5.74, 6) is -0.133. The Morgan fingerprint density at radius 1 is 0.467 bits per heavy atom. The molecule has 0 aromatic heterocycles. The number of hydrogen-bond acceptors (Lipinski definition) is 3. The molecule has 0 amide bonds. The zero-order valence-corrected chi connectivity index (χ0v) is 16.0. The van der Waals surface area contributed by atoms with Crippen LogP contribution in [0.3, 0.4) is 0 Å². The van der Waals surface area contributed by atoms with Crippen LogP contribution in [-0.2, 0) is 0 Å². The van der Waals surface area contributed by atoms with E-state index in [0.29, 0.717) is 17.5 Å². The molecule has 0 saturated carbocycles. The number of benzene rings is 5. The van der Waals surface area contributed by atoms with Crippen molar-refractivity contribution in [2.45, 2.75) is 12.8 Å². The summed E-state index contributed by atoms with van der Waals surface area (Å²) in [6, 6.07) is 15.7. The van der Waals surface area contributed by atoms with Gasteiger partial charge in [-0.2, -0.15) is 0 Å². The Hall–Kier alpha value is -3.85. The average molecular weight is 386 g/mol. The topological polar surface area (TPSA) is 51.2 Å². The van der Waals surface area contributed by atoms with Crippen LogP contribution in [0.5, 0.6) is 0 Å². The van der Waals surface area contributed by atoms with E-state index in [9.17, 15) is 14.4 Å². The standard InChI is InChI=1S/C27H14O3/c1-12-10-21(28)18-7-4-15-17-6-9-20-23(30)11-22(29)19-8-5-16(26(17)27(19)20)14-3-2-13(12)24(18)25(14)15/h2-9H,1,10-11H2. The molecule has 0 heterocycles. The van der Waals surface area contributed by atoms with Crippen LogP contribution in [0.15, 0.2) is 55.1 Å². The fraction of sp³-hybridized carbons (Fsp3) is 0.0741. The molecule has 30 heavy (non-hydrogen) atoms. The zero-order chi connectivity index (χ0) is 20.3. The van der Waals surface area contributed by atoms with E-state index in [-0.39, 0.29) is 23.8 Å². The minimum absolute atomic E-state index is 0.0656. The molecule has 0 N–H and O–H groups in total. The summed E-state index contributed by atoms with van der Waals surface area (Å²) in [5.41, 5.74) is 3.89. The minimum atomic E-state index is -0.117. The Labute approximate surface area is 170 Å². The second-order valence-corrected chi connectivity index (χ2v) is 8.37. The summed E-state index contributed by atoms with van der Waals surface area (Å²) in [6.07, 6.45) is 0.286. The third-order valence-electron chi connectivity index (χ3n) is 6.88. The lowest BCUT2D eigenvalue weighted by molar-refractivity contribution is 0.0889. The van der Waals surface area contributed by atoms with E-state index in [0.717, 1.165) is 59.8 Å². The molecule has 3 nitrogen and oxygen atoms in total. The van der Waals surface area contributed by atoms with Crippen molar-refractivity contribution in [1.29, 1.82) is 0 Å². The SMILES string of the molecule is C=C1CC(=O)c2ccc3c4ccc5c6c(ccc(c7ccc1c2c73)c64)C(=O)CC5=O. The van der Waals surface area contributed by atoms with E-state index in [2.05, 4.69) is 18.7 Å². The zero-order valence-electron chi connectivity index (χ0n) is 16.0. The van der Waals surface area contributed by atoms with Crippen LogP contribution in [0.4, 0.5) is 0 Å². The van der Waals surface area contributed by atoms with Crippen molar-refractivity contribution < 1.29 is 14.4 Å². The number of fused-ring (bicyclic) bond motifs is 2. The second kappa shape index (κ2) is 5.00. The number of carbonyl (C=O) groups is 3. The first-order valence-corrected chi connectivity index (χ1v) is 10.0. The average Bonchev–Trinajstić information content (AvgIpc) is 2.74. The van der Waals surface area contributed by atoms with E-state index in [4.69, 9.17) is 0 Å². The minimum Gasteiger partial charge on any atom is -0.294 e. The molecule has 0 spiro atoms. The summed E-state index contributed by atoms with van der Waals surface area (Å²) < 4.78 is 0. The molecule has 0 unspecified atom stereocenters.